The van der Waals surface area contributed by atoms with E-state index in [4.69, 9.17) is 4.74 Å². The monoisotopic (exact) mass is 341 g/mol. The summed E-state index contributed by atoms with van der Waals surface area (Å²) in [6.07, 6.45) is 1.02. The zero-order valence-corrected chi connectivity index (χ0v) is 13.6. The number of nitrogens with one attached hydrogen (secondary N) is 1. The second kappa shape index (κ2) is 5.98. The van der Waals surface area contributed by atoms with Crippen molar-refractivity contribution in [3.05, 3.63) is 48.5 Å². The zero-order valence-electron chi connectivity index (χ0n) is 12.0. The smallest absolute Gasteiger partial charge is 0.261 e. The number of hydrogen-bond acceptors (Lipinski definition) is 5. The van der Waals surface area contributed by atoms with Crippen molar-refractivity contribution in [3.8, 4) is 5.75 Å². The molecule has 0 aliphatic heterocycles. The molecule has 0 fully saturated rings. The summed E-state index contributed by atoms with van der Waals surface area (Å²) in [5.74, 6) is 0.505. The van der Waals surface area contributed by atoms with Crippen LogP contribution in [-0.2, 0) is 19.9 Å². The molecule has 2 rings (SSSR count). The third-order valence-electron chi connectivity index (χ3n) is 2.87. The average molecular weight is 341 g/mol. The molecule has 0 saturated heterocycles. The van der Waals surface area contributed by atoms with Crippen LogP contribution in [0.25, 0.3) is 0 Å². The van der Waals surface area contributed by atoms with Gasteiger partial charge in [0, 0.05) is 12.3 Å². The van der Waals surface area contributed by atoms with Gasteiger partial charge in [0.15, 0.2) is 9.84 Å². The van der Waals surface area contributed by atoms with Gasteiger partial charge in [-0.2, -0.15) is 0 Å². The second-order valence-electron chi connectivity index (χ2n) is 4.58. The van der Waals surface area contributed by atoms with E-state index < -0.39 is 19.9 Å². The van der Waals surface area contributed by atoms with E-state index in [0.29, 0.717) is 11.4 Å². The molecule has 0 atom stereocenters. The SMILES string of the molecule is COc1cccc(NS(=O)(=O)c2cccc(S(C)(=O)=O)c2)c1. The summed E-state index contributed by atoms with van der Waals surface area (Å²) < 4.78 is 55.1. The third kappa shape index (κ3) is 3.77. The van der Waals surface area contributed by atoms with Gasteiger partial charge in [-0.15, -0.1) is 0 Å². The first-order valence-electron chi connectivity index (χ1n) is 6.19. The van der Waals surface area contributed by atoms with Crippen LogP contribution in [0.15, 0.2) is 58.3 Å². The first-order chi connectivity index (χ1) is 10.2. The number of sulfonamides is 1. The molecule has 0 bridgehead atoms. The van der Waals surface area contributed by atoms with E-state index in [2.05, 4.69) is 4.72 Å². The average Bonchev–Trinajstić information content (AvgIpc) is 2.46. The van der Waals surface area contributed by atoms with E-state index in [0.717, 1.165) is 12.3 Å². The summed E-state index contributed by atoms with van der Waals surface area (Å²) in [4.78, 5) is -0.181. The second-order valence-corrected chi connectivity index (χ2v) is 8.28. The van der Waals surface area contributed by atoms with E-state index in [-0.39, 0.29) is 9.79 Å². The molecule has 0 spiro atoms. The molecule has 0 radical (unpaired) electrons. The summed E-state index contributed by atoms with van der Waals surface area (Å²) in [5, 5.41) is 0. The van der Waals surface area contributed by atoms with Gasteiger partial charge in [0.1, 0.15) is 5.75 Å². The first-order valence-corrected chi connectivity index (χ1v) is 9.57. The lowest BCUT2D eigenvalue weighted by molar-refractivity contribution is 0.415. The Kier molecular flexibility index (Phi) is 4.43. The molecule has 2 aromatic carbocycles. The maximum atomic E-state index is 12.3. The van der Waals surface area contributed by atoms with E-state index in [1.165, 1.54) is 31.4 Å². The lowest BCUT2D eigenvalue weighted by Gasteiger charge is -2.10. The molecule has 0 saturated carbocycles. The van der Waals surface area contributed by atoms with Crippen LogP contribution in [0, 0.1) is 0 Å². The standard InChI is InChI=1S/C14H15NO5S2/c1-20-12-6-3-5-11(9-12)15-22(18,19)14-8-4-7-13(10-14)21(2,16)17/h3-10,15H,1-2H3. The van der Waals surface area contributed by atoms with Gasteiger partial charge in [0.2, 0.25) is 0 Å². The molecule has 22 heavy (non-hydrogen) atoms. The topological polar surface area (TPSA) is 89.5 Å². The molecule has 0 heterocycles. The molecular weight excluding hydrogens is 326 g/mol. The lowest BCUT2D eigenvalue weighted by Crippen LogP contribution is -2.13. The fourth-order valence-electron chi connectivity index (χ4n) is 1.77. The van der Waals surface area contributed by atoms with Crippen LogP contribution < -0.4 is 9.46 Å². The Hall–Kier alpha value is -2.06. The Labute approximate surface area is 129 Å². The molecule has 6 nitrogen and oxygen atoms in total. The van der Waals surface area contributed by atoms with E-state index in [1.54, 1.807) is 18.2 Å². The van der Waals surface area contributed by atoms with Crippen LogP contribution >= 0.6 is 0 Å². The number of sulfone groups is 1. The van der Waals surface area contributed by atoms with Crippen molar-refractivity contribution >= 4 is 25.5 Å². The minimum absolute atomic E-state index is 0.0546. The molecule has 8 heteroatoms. The highest BCUT2D eigenvalue weighted by molar-refractivity contribution is 7.93. The van der Waals surface area contributed by atoms with Crippen LogP contribution in [0.3, 0.4) is 0 Å². The Morgan fingerprint density at radius 2 is 1.55 bits per heavy atom. The summed E-state index contributed by atoms with van der Waals surface area (Å²) in [6, 6.07) is 11.6. The summed E-state index contributed by atoms with van der Waals surface area (Å²) >= 11 is 0. The maximum Gasteiger partial charge on any atom is 0.261 e. The van der Waals surface area contributed by atoms with Crippen molar-refractivity contribution in [1.29, 1.82) is 0 Å². The number of benzene rings is 2. The molecule has 1 N–H and O–H groups in total. The van der Waals surface area contributed by atoms with Gasteiger partial charge in [-0.3, -0.25) is 4.72 Å². The van der Waals surface area contributed by atoms with Gasteiger partial charge in [-0.05, 0) is 30.3 Å². The minimum atomic E-state index is -3.89. The fraction of sp³-hybridized carbons (Fsp3) is 0.143. The molecule has 118 valence electrons. The Balaban J connectivity index is 2.38. The number of methoxy groups -OCH3 is 1. The Bertz CT molecular complexity index is 889. The van der Waals surface area contributed by atoms with E-state index in [9.17, 15) is 16.8 Å². The quantitative estimate of drug-likeness (QED) is 0.897. The molecule has 2 aromatic rings. The molecule has 0 aliphatic carbocycles. The van der Waals surface area contributed by atoms with Crippen LogP contribution in [0.4, 0.5) is 5.69 Å². The van der Waals surface area contributed by atoms with Crippen LogP contribution in [0.2, 0.25) is 0 Å². The molecule has 0 aliphatic rings. The van der Waals surface area contributed by atoms with Gasteiger partial charge >= 0.3 is 0 Å². The van der Waals surface area contributed by atoms with Crippen molar-refractivity contribution in [2.24, 2.45) is 0 Å². The molecular formula is C14H15NO5S2. The van der Waals surface area contributed by atoms with E-state index >= 15 is 0 Å². The van der Waals surface area contributed by atoms with Crippen LogP contribution in [0.5, 0.6) is 5.75 Å². The summed E-state index contributed by atoms with van der Waals surface area (Å²) in [5.41, 5.74) is 0.323. The highest BCUT2D eigenvalue weighted by Crippen LogP contribution is 2.22. The molecule has 0 unspecified atom stereocenters. The highest BCUT2D eigenvalue weighted by Gasteiger charge is 2.17. The van der Waals surface area contributed by atoms with Gasteiger partial charge in [0.25, 0.3) is 10.0 Å². The van der Waals surface area contributed by atoms with Crippen molar-refractivity contribution < 1.29 is 21.6 Å². The minimum Gasteiger partial charge on any atom is -0.497 e. The predicted molar refractivity (Wildman–Crippen MR) is 83.4 cm³/mol. The Morgan fingerprint density at radius 1 is 0.909 bits per heavy atom. The Morgan fingerprint density at radius 3 is 2.18 bits per heavy atom. The number of anilines is 1. The van der Waals surface area contributed by atoms with Crippen molar-refractivity contribution in [2.45, 2.75) is 9.79 Å². The van der Waals surface area contributed by atoms with Gasteiger partial charge < -0.3 is 4.74 Å². The van der Waals surface area contributed by atoms with Crippen molar-refractivity contribution in [1.82, 2.24) is 0 Å². The predicted octanol–water partition coefficient (Wildman–Crippen LogP) is 1.90. The maximum absolute atomic E-state index is 12.3. The largest absolute Gasteiger partial charge is 0.497 e. The fourth-order valence-corrected chi connectivity index (χ4v) is 3.61. The lowest BCUT2D eigenvalue weighted by atomic mass is 10.3. The van der Waals surface area contributed by atoms with Crippen molar-refractivity contribution in [3.63, 3.8) is 0 Å². The van der Waals surface area contributed by atoms with Gasteiger partial charge in [-0.1, -0.05) is 12.1 Å². The van der Waals surface area contributed by atoms with Gasteiger partial charge in [0.05, 0.1) is 22.6 Å². The highest BCUT2D eigenvalue weighted by atomic mass is 32.2. The first kappa shape index (κ1) is 16.3. The summed E-state index contributed by atoms with van der Waals surface area (Å²) in [6.45, 7) is 0. The summed E-state index contributed by atoms with van der Waals surface area (Å²) in [7, 11) is -5.90. The molecule has 0 aromatic heterocycles. The van der Waals surface area contributed by atoms with Crippen LogP contribution in [-0.4, -0.2) is 30.2 Å². The van der Waals surface area contributed by atoms with Crippen molar-refractivity contribution in [2.75, 3.05) is 18.1 Å². The molecule has 0 amide bonds. The normalized spacial score (nSPS) is 11.9. The zero-order chi connectivity index (χ0) is 16.4. The van der Waals surface area contributed by atoms with E-state index in [1.807, 2.05) is 0 Å². The van der Waals surface area contributed by atoms with Crippen LogP contribution in [0.1, 0.15) is 0 Å². The van der Waals surface area contributed by atoms with Gasteiger partial charge in [-0.25, -0.2) is 16.8 Å². The number of ether oxygens (including phenoxy) is 1. The number of hydrogen-bond donors (Lipinski definition) is 1. The third-order valence-corrected chi connectivity index (χ3v) is 5.36. The number of rotatable bonds is 5.